The molecule has 0 aliphatic carbocycles. The van der Waals surface area contributed by atoms with Crippen LogP contribution in [0.3, 0.4) is 0 Å². The Labute approximate surface area is 65.4 Å². The van der Waals surface area contributed by atoms with Gasteiger partial charge in [0.15, 0.2) is 0 Å². The van der Waals surface area contributed by atoms with E-state index in [2.05, 4.69) is 10.6 Å². The molecule has 1 rings (SSSR count). The lowest BCUT2D eigenvalue weighted by molar-refractivity contribution is 0.00150. The molecule has 2 N–H and O–H groups in total. The Kier molecular flexibility index (Phi) is 2.78. The van der Waals surface area contributed by atoms with Crippen LogP contribution in [0.4, 0.5) is 8.78 Å². The van der Waals surface area contributed by atoms with Crippen LogP contribution in [-0.4, -0.2) is 31.6 Å². The standard InChI is InChI=1S/C7H14F2N2/c1-7(8,9)4-6-5-10-2-3-11-6/h6,10-11H,2-5H2,1H3. The topological polar surface area (TPSA) is 24.1 Å². The average Bonchev–Trinajstić information content (AvgIpc) is 1.85. The summed E-state index contributed by atoms with van der Waals surface area (Å²) in [7, 11) is 0. The van der Waals surface area contributed by atoms with Crippen LogP contribution in [0, 0.1) is 0 Å². The van der Waals surface area contributed by atoms with Crippen LogP contribution < -0.4 is 10.6 Å². The minimum absolute atomic E-state index is 0.0660. The zero-order chi connectivity index (χ0) is 8.32. The van der Waals surface area contributed by atoms with Crippen LogP contribution in [-0.2, 0) is 0 Å². The summed E-state index contributed by atoms with van der Waals surface area (Å²) in [4.78, 5) is 0. The highest BCUT2D eigenvalue weighted by Crippen LogP contribution is 2.18. The Bertz CT molecular complexity index is 116. The summed E-state index contributed by atoms with van der Waals surface area (Å²) >= 11 is 0. The first kappa shape index (κ1) is 8.87. The van der Waals surface area contributed by atoms with Gasteiger partial charge in [0, 0.05) is 32.1 Å². The lowest BCUT2D eigenvalue weighted by Gasteiger charge is -2.26. The van der Waals surface area contributed by atoms with E-state index in [-0.39, 0.29) is 12.5 Å². The summed E-state index contributed by atoms with van der Waals surface area (Å²) in [5.41, 5.74) is 0. The van der Waals surface area contributed by atoms with Crippen molar-refractivity contribution in [2.24, 2.45) is 0 Å². The highest BCUT2D eigenvalue weighted by molar-refractivity contribution is 4.79. The van der Waals surface area contributed by atoms with Gasteiger partial charge in [0.1, 0.15) is 0 Å². The molecule has 1 aliphatic rings. The van der Waals surface area contributed by atoms with Crippen LogP contribution in [0.15, 0.2) is 0 Å². The van der Waals surface area contributed by atoms with E-state index in [0.29, 0.717) is 6.54 Å². The zero-order valence-corrected chi connectivity index (χ0v) is 6.66. The molecule has 1 saturated heterocycles. The minimum Gasteiger partial charge on any atom is -0.314 e. The van der Waals surface area contributed by atoms with Gasteiger partial charge >= 0.3 is 0 Å². The summed E-state index contributed by atoms with van der Waals surface area (Å²) in [6.07, 6.45) is -0.0694. The third-order valence-corrected chi connectivity index (χ3v) is 1.73. The number of hydrogen-bond acceptors (Lipinski definition) is 2. The second kappa shape index (κ2) is 3.45. The molecule has 1 fully saturated rings. The molecular weight excluding hydrogens is 150 g/mol. The molecule has 1 unspecified atom stereocenters. The third-order valence-electron chi connectivity index (χ3n) is 1.73. The number of hydrogen-bond donors (Lipinski definition) is 2. The SMILES string of the molecule is CC(F)(F)CC1CNCCN1. The van der Waals surface area contributed by atoms with Crippen LogP contribution >= 0.6 is 0 Å². The molecule has 1 aliphatic heterocycles. The maximum absolute atomic E-state index is 12.4. The van der Waals surface area contributed by atoms with E-state index in [1.54, 1.807) is 0 Å². The molecule has 0 aromatic heterocycles. The van der Waals surface area contributed by atoms with E-state index in [1.807, 2.05) is 0 Å². The van der Waals surface area contributed by atoms with Crippen LogP contribution in [0.25, 0.3) is 0 Å². The van der Waals surface area contributed by atoms with E-state index in [0.717, 1.165) is 20.0 Å². The number of halogens is 2. The first-order valence-electron chi connectivity index (χ1n) is 3.90. The van der Waals surface area contributed by atoms with E-state index in [1.165, 1.54) is 0 Å². The fourth-order valence-corrected chi connectivity index (χ4v) is 1.29. The van der Waals surface area contributed by atoms with Gasteiger partial charge in [-0.2, -0.15) is 0 Å². The predicted octanol–water partition coefficient (Wildman–Crippen LogP) is 0.593. The first-order valence-corrected chi connectivity index (χ1v) is 3.90. The minimum atomic E-state index is -2.54. The molecule has 11 heavy (non-hydrogen) atoms. The quantitative estimate of drug-likeness (QED) is 0.624. The fourth-order valence-electron chi connectivity index (χ4n) is 1.29. The van der Waals surface area contributed by atoms with Crippen molar-refractivity contribution in [3.8, 4) is 0 Å². The summed E-state index contributed by atoms with van der Waals surface area (Å²) in [6, 6.07) is -0.0660. The molecule has 0 aromatic carbocycles. The maximum Gasteiger partial charge on any atom is 0.246 e. The van der Waals surface area contributed by atoms with Gasteiger partial charge in [-0.15, -0.1) is 0 Å². The third kappa shape index (κ3) is 3.62. The fraction of sp³-hybridized carbons (Fsp3) is 1.00. The molecule has 0 amide bonds. The maximum atomic E-state index is 12.4. The second-order valence-electron chi connectivity index (χ2n) is 3.13. The Morgan fingerprint density at radius 2 is 2.18 bits per heavy atom. The van der Waals surface area contributed by atoms with Gasteiger partial charge in [0.25, 0.3) is 0 Å². The van der Waals surface area contributed by atoms with Gasteiger partial charge in [-0.25, -0.2) is 8.78 Å². The molecule has 0 radical (unpaired) electrons. The molecule has 0 aromatic rings. The molecule has 1 heterocycles. The number of rotatable bonds is 2. The molecule has 66 valence electrons. The number of piperazine rings is 1. The normalized spacial score (nSPS) is 27.0. The molecule has 1 atom stereocenters. The van der Waals surface area contributed by atoms with Crippen molar-refractivity contribution in [3.05, 3.63) is 0 Å². The van der Waals surface area contributed by atoms with Gasteiger partial charge in [-0.1, -0.05) is 0 Å². The van der Waals surface area contributed by atoms with Crippen molar-refractivity contribution < 1.29 is 8.78 Å². The predicted molar refractivity (Wildman–Crippen MR) is 39.9 cm³/mol. The van der Waals surface area contributed by atoms with Gasteiger partial charge in [0.05, 0.1) is 0 Å². The van der Waals surface area contributed by atoms with Gasteiger partial charge in [-0.05, 0) is 6.92 Å². The first-order chi connectivity index (χ1) is 5.08. The largest absolute Gasteiger partial charge is 0.314 e. The molecule has 2 nitrogen and oxygen atoms in total. The average molecular weight is 164 g/mol. The highest BCUT2D eigenvalue weighted by Gasteiger charge is 2.27. The summed E-state index contributed by atoms with van der Waals surface area (Å²) in [5.74, 6) is -2.54. The van der Waals surface area contributed by atoms with Crippen LogP contribution in [0.5, 0.6) is 0 Å². The van der Waals surface area contributed by atoms with E-state index < -0.39 is 5.92 Å². The molecule has 0 spiro atoms. The molecular formula is C7H14F2N2. The van der Waals surface area contributed by atoms with Crippen LogP contribution in [0.2, 0.25) is 0 Å². The summed E-state index contributed by atoms with van der Waals surface area (Å²) < 4.78 is 24.9. The van der Waals surface area contributed by atoms with Crippen molar-refractivity contribution in [3.63, 3.8) is 0 Å². The second-order valence-corrected chi connectivity index (χ2v) is 3.13. The van der Waals surface area contributed by atoms with Crippen LogP contribution in [0.1, 0.15) is 13.3 Å². The van der Waals surface area contributed by atoms with Gasteiger partial charge in [-0.3, -0.25) is 0 Å². The van der Waals surface area contributed by atoms with E-state index in [4.69, 9.17) is 0 Å². The smallest absolute Gasteiger partial charge is 0.246 e. The number of nitrogens with one attached hydrogen (secondary N) is 2. The zero-order valence-electron chi connectivity index (χ0n) is 6.66. The summed E-state index contributed by atoms with van der Waals surface area (Å²) in [5, 5.41) is 6.09. The molecule has 0 bridgehead atoms. The lowest BCUT2D eigenvalue weighted by atomic mass is 10.1. The Morgan fingerprint density at radius 3 is 2.64 bits per heavy atom. The van der Waals surface area contributed by atoms with Crippen molar-refractivity contribution >= 4 is 0 Å². The van der Waals surface area contributed by atoms with E-state index in [9.17, 15) is 8.78 Å². The van der Waals surface area contributed by atoms with Gasteiger partial charge in [0.2, 0.25) is 5.92 Å². The molecule has 0 saturated carbocycles. The Morgan fingerprint density at radius 1 is 1.45 bits per heavy atom. The van der Waals surface area contributed by atoms with Crippen molar-refractivity contribution in [1.29, 1.82) is 0 Å². The van der Waals surface area contributed by atoms with E-state index >= 15 is 0 Å². The Balaban J connectivity index is 2.24. The highest BCUT2D eigenvalue weighted by atomic mass is 19.3. The monoisotopic (exact) mass is 164 g/mol. The van der Waals surface area contributed by atoms with Crippen molar-refractivity contribution in [2.45, 2.75) is 25.3 Å². The summed E-state index contributed by atoms with van der Waals surface area (Å²) in [6.45, 7) is 3.29. The van der Waals surface area contributed by atoms with Gasteiger partial charge < -0.3 is 10.6 Å². The Hall–Kier alpha value is -0.220. The molecule has 4 heteroatoms. The van der Waals surface area contributed by atoms with Crippen molar-refractivity contribution in [2.75, 3.05) is 19.6 Å². The van der Waals surface area contributed by atoms with Crippen molar-refractivity contribution in [1.82, 2.24) is 10.6 Å². The number of alkyl halides is 2. The lowest BCUT2D eigenvalue weighted by Crippen LogP contribution is -2.50.